The van der Waals surface area contributed by atoms with Crippen molar-refractivity contribution in [3.8, 4) is 11.8 Å². The molecule has 0 fully saturated rings. The molecule has 16 heavy (non-hydrogen) atoms. The Hall–Kier alpha value is -1.20. The lowest BCUT2D eigenvalue weighted by molar-refractivity contribution is 0.202. The van der Waals surface area contributed by atoms with E-state index in [0.717, 1.165) is 28.3 Å². The Bertz CT molecular complexity index is 386. The Morgan fingerprint density at radius 1 is 1.38 bits per heavy atom. The Labute approximate surface area is 102 Å². The lowest BCUT2D eigenvalue weighted by Gasteiger charge is -2.16. The van der Waals surface area contributed by atoms with Crippen molar-refractivity contribution < 1.29 is 4.74 Å². The minimum Gasteiger partial charge on any atom is -0.489 e. The maximum Gasteiger partial charge on any atom is 0.120 e. The number of hydrogen-bond donors (Lipinski definition) is 0. The van der Waals surface area contributed by atoms with Crippen LogP contribution in [0.3, 0.4) is 0 Å². The van der Waals surface area contributed by atoms with Crippen LogP contribution in [0.1, 0.15) is 30.9 Å². The molecule has 0 aliphatic heterocycles. The molecule has 0 saturated carbocycles. The van der Waals surface area contributed by atoms with Gasteiger partial charge < -0.3 is 4.74 Å². The highest BCUT2D eigenvalue weighted by atomic mass is 35.5. The van der Waals surface area contributed by atoms with Crippen LogP contribution in [0.5, 0.6) is 5.75 Å². The molecule has 0 aliphatic rings. The molecular formula is C13H16ClNO. The third kappa shape index (κ3) is 3.15. The van der Waals surface area contributed by atoms with E-state index in [1.165, 1.54) is 0 Å². The molecule has 1 rings (SSSR count). The van der Waals surface area contributed by atoms with Crippen molar-refractivity contribution in [2.24, 2.45) is 0 Å². The van der Waals surface area contributed by atoms with Crippen LogP contribution < -0.4 is 4.74 Å². The van der Waals surface area contributed by atoms with Crippen molar-refractivity contribution in [2.45, 2.75) is 39.7 Å². The SMILES string of the molecule is CCC(CC#N)Oc1cc(C)c(Cl)c(C)c1. The Morgan fingerprint density at radius 2 is 1.94 bits per heavy atom. The summed E-state index contributed by atoms with van der Waals surface area (Å²) in [4.78, 5) is 0. The van der Waals surface area contributed by atoms with E-state index in [1.54, 1.807) is 0 Å². The van der Waals surface area contributed by atoms with E-state index in [4.69, 9.17) is 21.6 Å². The highest BCUT2D eigenvalue weighted by Crippen LogP contribution is 2.27. The van der Waals surface area contributed by atoms with Crippen molar-refractivity contribution in [3.63, 3.8) is 0 Å². The smallest absolute Gasteiger partial charge is 0.120 e. The summed E-state index contributed by atoms with van der Waals surface area (Å²) in [6.45, 7) is 5.92. The summed E-state index contributed by atoms with van der Waals surface area (Å²) in [5.74, 6) is 0.793. The molecule has 0 spiro atoms. The van der Waals surface area contributed by atoms with E-state index in [9.17, 15) is 0 Å². The summed E-state index contributed by atoms with van der Waals surface area (Å²) in [5, 5.41) is 9.43. The number of nitrogens with zero attached hydrogens (tertiary/aromatic N) is 1. The fourth-order valence-corrected chi connectivity index (χ4v) is 1.65. The first-order valence-electron chi connectivity index (χ1n) is 5.38. The second-order valence-electron chi connectivity index (χ2n) is 3.88. The zero-order valence-corrected chi connectivity index (χ0v) is 10.6. The maximum atomic E-state index is 8.65. The molecule has 0 amide bonds. The average molecular weight is 238 g/mol. The maximum absolute atomic E-state index is 8.65. The van der Waals surface area contributed by atoms with Gasteiger partial charge in [0.25, 0.3) is 0 Å². The van der Waals surface area contributed by atoms with Crippen molar-refractivity contribution in [3.05, 3.63) is 28.3 Å². The van der Waals surface area contributed by atoms with Gasteiger partial charge in [-0.3, -0.25) is 0 Å². The van der Waals surface area contributed by atoms with E-state index < -0.39 is 0 Å². The molecule has 0 radical (unpaired) electrons. The molecule has 1 unspecified atom stereocenters. The molecule has 0 N–H and O–H groups in total. The van der Waals surface area contributed by atoms with E-state index in [-0.39, 0.29) is 6.10 Å². The van der Waals surface area contributed by atoms with Crippen LogP contribution in [-0.4, -0.2) is 6.10 Å². The van der Waals surface area contributed by atoms with Gasteiger partial charge in [-0.05, 0) is 43.5 Å². The molecule has 0 bridgehead atoms. The summed E-state index contributed by atoms with van der Waals surface area (Å²) in [5.41, 5.74) is 2.01. The Kier molecular flexibility index (Phi) is 4.64. The van der Waals surface area contributed by atoms with E-state index in [1.807, 2.05) is 32.9 Å². The lowest BCUT2D eigenvalue weighted by atomic mass is 10.1. The second kappa shape index (κ2) is 5.77. The molecule has 86 valence electrons. The molecule has 0 heterocycles. The summed E-state index contributed by atoms with van der Waals surface area (Å²) in [7, 11) is 0. The van der Waals surface area contributed by atoms with Gasteiger partial charge in [0.15, 0.2) is 0 Å². The largest absolute Gasteiger partial charge is 0.489 e. The van der Waals surface area contributed by atoms with Gasteiger partial charge in [0.1, 0.15) is 11.9 Å². The van der Waals surface area contributed by atoms with Crippen LogP contribution in [0.4, 0.5) is 0 Å². The molecule has 2 nitrogen and oxygen atoms in total. The predicted octanol–water partition coefficient (Wildman–Crippen LogP) is 4.03. The van der Waals surface area contributed by atoms with Crippen LogP contribution in [0.25, 0.3) is 0 Å². The number of hydrogen-bond acceptors (Lipinski definition) is 2. The fourth-order valence-electron chi connectivity index (χ4n) is 1.54. The zero-order valence-electron chi connectivity index (χ0n) is 9.88. The first-order chi connectivity index (χ1) is 7.58. The fraction of sp³-hybridized carbons (Fsp3) is 0.462. The summed E-state index contributed by atoms with van der Waals surface area (Å²) >= 11 is 6.07. The molecular weight excluding hydrogens is 222 g/mol. The number of aryl methyl sites for hydroxylation is 2. The van der Waals surface area contributed by atoms with Gasteiger partial charge in [-0.15, -0.1) is 0 Å². The van der Waals surface area contributed by atoms with Gasteiger partial charge in [-0.25, -0.2) is 0 Å². The third-order valence-corrected chi connectivity index (χ3v) is 3.08. The van der Waals surface area contributed by atoms with Crippen molar-refractivity contribution in [2.75, 3.05) is 0 Å². The predicted molar refractivity (Wildman–Crippen MR) is 65.9 cm³/mol. The van der Waals surface area contributed by atoms with Gasteiger partial charge in [0, 0.05) is 5.02 Å². The van der Waals surface area contributed by atoms with Gasteiger partial charge >= 0.3 is 0 Å². The summed E-state index contributed by atoms with van der Waals surface area (Å²) in [6.07, 6.45) is 1.20. The van der Waals surface area contributed by atoms with Crippen LogP contribution >= 0.6 is 11.6 Å². The topological polar surface area (TPSA) is 33.0 Å². The monoisotopic (exact) mass is 237 g/mol. The lowest BCUT2D eigenvalue weighted by Crippen LogP contribution is -2.14. The summed E-state index contributed by atoms with van der Waals surface area (Å²) in [6, 6.07) is 5.95. The first kappa shape index (κ1) is 12.9. The summed E-state index contributed by atoms with van der Waals surface area (Å²) < 4.78 is 5.74. The van der Waals surface area contributed by atoms with Gasteiger partial charge in [-0.2, -0.15) is 5.26 Å². The quantitative estimate of drug-likeness (QED) is 0.792. The van der Waals surface area contributed by atoms with Crippen molar-refractivity contribution >= 4 is 11.6 Å². The van der Waals surface area contributed by atoms with Crippen LogP contribution in [0.2, 0.25) is 5.02 Å². The van der Waals surface area contributed by atoms with Crippen molar-refractivity contribution in [1.82, 2.24) is 0 Å². The molecule has 1 atom stereocenters. The average Bonchev–Trinajstić information content (AvgIpc) is 2.25. The normalized spacial score (nSPS) is 11.9. The Morgan fingerprint density at radius 3 is 2.38 bits per heavy atom. The molecule has 1 aromatic carbocycles. The minimum absolute atomic E-state index is 0.0371. The third-order valence-electron chi connectivity index (χ3n) is 2.49. The van der Waals surface area contributed by atoms with Crippen LogP contribution in [0, 0.1) is 25.2 Å². The molecule has 3 heteroatoms. The van der Waals surface area contributed by atoms with Gasteiger partial charge in [0.2, 0.25) is 0 Å². The molecule has 0 aromatic heterocycles. The van der Waals surface area contributed by atoms with Gasteiger partial charge in [-0.1, -0.05) is 18.5 Å². The number of benzene rings is 1. The standard InChI is InChI=1S/C13H16ClNO/c1-4-11(5-6-15)16-12-7-9(2)13(14)10(3)8-12/h7-8,11H,4-5H2,1-3H3. The zero-order chi connectivity index (χ0) is 12.1. The first-order valence-corrected chi connectivity index (χ1v) is 5.76. The van der Waals surface area contributed by atoms with Crippen molar-refractivity contribution in [1.29, 1.82) is 5.26 Å². The number of rotatable bonds is 4. The highest BCUT2D eigenvalue weighted by Gasteiger charge is 2.09. The van der Waals surface area contributed by atoms with Crippen LogP contribution in [-0.2, 0) is 0 Å². The number of halogens is 1. The van der Waals surface area contributed by atoms with Crippen LogP contribution in [0.15, 0.2) is 12.1 Å². The van der Waals surface area contributed by atoms with E-state index in [2.05, 4.69) is 6.07 Å². The van der Waals surface area contributed by atoms with Gasteiger partial charge in [0.05, 0.1) is 12.5 Å². The van der Waals surface area contributed by atoms with E-state index in [0.29, 0.717) is 6.42 Å². The number of ether oxygens (including phenoxy) is 1. The number of nitriles is 1. The highest BCUT2D eigenvalue weighted by molar-refractivity contribution is 6.32. The molecule has 0 aliphatic carbocycles. The minimum atomic E-state index is -0.0371. The second-order valence-corrected chi connectivity index (χ2v) is 4.26. The van der Waals surface area contributed by atoms with E-state index >= 15 is 0 Å². The molecule has 1 aromatic rings. The molecule has 0 saturated heterocycles. The Balaban J connectivity index is 2.85.